The number of fused-ring (bicyclic) bond motifs is 1. The molecular formula is C14H13N3O3S. The number of rotatable bonds is 3. The predicted molar refractivity (Wildman–Crippen MR) is 78.7 cm³/mol. The lowest BCUT2D eigenvalue weighted by molar-refractivity contribution is 0.0528. The molecule has 0 aliphatic rings. The third-order valence-corrected chi connectivity index (χ3v) is 4.04. The van der Waals surface area contributed by atoms with E-state index in [1.165, 1.54) is 0 Å². The molecule has 0 saturated heterocycles. The number of ether oxygens (including phenoxy) is 1. The molecule has 0 aliphatic heterocycles. The van der Waals surface area contributed by atoms with Crippen LogP contribution in [-0.2, 0) is 4.74 Å². The second kappa shape index (κ2) is 5.17. The van der Waals surface area contributed by atoms with Crippen molar-refractivity contribution >= 4 is 22.8 Å². The van der Waals surface area contributed by atoms with E-state index in [-0.39, 0.29) is 17.4 Å². The van der Waals surface area contributed by atoms with Gasteiger partial charge in [-0.2, -0.15) is 5.10 Å². The van der Waals surface area contributed by atoms with Gasteiger partial charge in [0.05, 0.1) is 23.4 Å². The minimum Gasteiger partial charge on any atom is -0.492 e. The van der Waals surface area contributed by atoms with Crippen LogP contribution < -0.4 is 0 Å². The third-order valence-electron chi connectivity index (χ3n) is 3.00. The Bertz CT molecular complexity index is 822. The van der Waals surface area contributed by atoms with Crippen LogP contribution in [0.2, 0.25) is 0 Å². The first-order chi connectivity index (χ1) is 10.1. The summed E-state index contributed by atoms with van der Waals surface area (Å²) < 4.78 is 6.65. The van der Waals surface area contributed by atoms with Gasteiger partial charge in [-0.1, -0.05) is 6.07 Å². The predicted octanol–water partition coefficient (Wildman–Crippen LogP) is 2.65. The molecule has 0 aliphatic carbocycles. The van der Waals surface area contributed by atoms with E-state index in [9.17, 15) is 9.90 Å². The number of aromatic hydroxyl groups is 1. The average molecular weight is 303 g/mol. The van der Waals surface area contributed by atoms with Crippen molar-refractivity contribution in [3.8, 4) is 16.5 Å². The number of carbonyl (C=O) groups is 1. The average Bonchev–Trinajstić information content (AvgIpc) is 2.98. The number of esters is 1. The van der Waals surface area contributed by atoms with Gasteiger partial charge in [0, 0.05) is 6.20 Å². The Morgan fingerprint density at radius 2 is 2.29 bits per heavy atom. The first-order valence-corrected chi connectivity index (χ1v) is 7.24. The summed E-state index contributed by atoms with van der Waals surface area (Å²) in [5.74, 6) is -0.865. The zero-order valence-corrected chi connectivity index (χ0v) is 12.3. The number of pyridine rings is 1. The van der Waals surface area contributed by atoms with Gasteiger partial charge in [0.15, 0.2) is 4.88 Å². The monoisotopic (exact) mass is 303 g/mol. The van der Waals surface area contributed by atoms with Gasteiger partial charge in [0.1, 0.15) is 5.01 Å². The Kier molecular flexibility index (Phi) is 3.34. The molecule has 3 heterocycles. The van der Waals surface area contributed by atoms with Crippen LogP contribution in [0, 0.1) is 6.92 Å². The second-order valence-electron chi connectivity index (χ2n) is 4.38. The molecule has 3 aromatic heterocycles. The number of hydrogen-bond acceptors (Lipinski definition) is 6. The molecule has 108 valence electrons. The molecule has 0 aromatic carbocycles. The van der Waals surface area contributed by atoms with Crippen LogP contribution in [0.3, 0.4) is 0 Å². The summed E-state index contributed by atoms with van der Waals surface area (Å²) in [6.45, 7) is 3.83. The lowest BCUT2D eigenvalue weighted by Gasteiger charge is -1.97. The number of aromatic nitrogens is 3. The molecule has 0 radical (unpaired) electrons. The van der Waals surface area contributed by atoms with Gasteiger partial charge in [-0.25, -0.2) is 14.3 Å². The lowest BCUT2D eigenvalue weighted by atomic mass is 10.2. The van der Waals surface area contributed by atoms with Crippen molar-refractivity contribution in [2.24, 2.45) is 0 Å². The highest BCUT2D eigenvalue weighted by Crippen LogP contribution is 2.36. The molecule has 0 spiro atoms. The number of aryl methyl sites for hydroxylation is 1. The van der Waals surface area contributed by atoms with Crippen molar-refractivity contribution < 1.29 is 14.6 Å². The normalized spacial score (nSPS) is 11.0. The fourth-order valence-corrected chi connectivity index (χ4v) is 3.09. The molecule has 3 rings (SSSR count). The minimum absolute atomic E-state index is 0.113. The molecule has 21 heavy (non-hydrogen) atoms. The Hall–Kier alpha value is -2.41. The largest absolute Gasteiger partial charge is 0.492 e. The van der Waals surface area contributed by atoms with E-state index < -0.39 is 5.97 Å². The van der Waals surface area contributed by atoms with E-state index in [4.69, 9.17) is 4.74 Å². The van der Waals surface area contributed by atoms with Gasteiger partial charge in [-0.15, -0.1) is 11.3 Å². The lowest BCUT2D eigenvalue weighted by Crippen LogP contribution is -2.02. The Balaban J connectivity index is 2.14. The van der Waals surface area contributed by atoms with Crippen LogP contribution in [0.5, 0.6) is 5.88 Å². The molecule has 0 fully saturated rings. The van der Waals surface area contributed by atoms with E-state index >= 15 is 0 Å². The van der Waals surface area contributed by atoms with Crippen molar-refractivity contribution in [1.82, 2.24) is 14.6 Å². The van der Waals surface area contributed by atoms with Gasteiger partial charge in [0.25, 0.3) is 0 Å². The molecular weight excluding hydrogens is 290 g/mol. The molecule has 0 saturated carbocycles. The maximum Gasteiger partial charge on any atom is 0.353 e. The van der Waals surface area contributed by atoms with E-state index in [1.807, 2.05) is 31.3 Å². The SMILES string of the molecule is CCOC(=O)c1sc(-c2c(C)nn3ccccc23)nc1O. The maximum absolute atomic E-state index is 11.8. The summed E-state index contributed by atoms with van der Waals surface area (Å²) in [4.78, 5) is 16.0. The van der Waals surface area contributed by atoms with E-state index in [0.29, 0.717) is 5.01 Å². The molecule has 1 N–H and O–H groups in total. The standard InChI is InChI=1S/C14H13N3O3S/c1-3-20-14(19)11-12(18)15-13(21-11)10-8(2)16-17-7-5-4-6-9(10)17/h4-7,18H,3H2,1-2H3. The van der Waals surface area contributed by atoms with Crippen LogP contribution in [0.25, 0.3) is 16.1 Å². The Morgan fingerprint density at radius 3 is 3.05 bits per heavy atom. The van der Waals surface area contributed by atoms with Crippen molar-refractivity contribution in [3.63, 3.8) is 0 Å². The van der Waals surface area contributed by atoms with Gasteiger partial charge in [-0.05, 0) is 26.0 Å². The summed E-state index contributed by atoms with van der Waals surface area (Å²) in [6, 6.07) is 5.70. The number of hydrogen-bond donors (Lipinski definition) is 1. The van der Waals surface area contributed by atoms with Crippen LogP contribution in [0.1, 0.15) is 22.3 Å². The van der Waals surface area contributed by atoms with Crippen molar-refractivity contribution in [2.75, 3.05) is 6.61 Å². The van der Waals surface area contributed by atoms with Crippen LogP contribution in [-0.4, -0.2) is 32.3 Å². The fraction of sp³-hybridized carbons (Fsp3) is 0.214. The highest BCUT2D eigenvalue weighted by atomic mass is 32.1. The van der Waals surface area contributed by atoms with Crippen LogP contribution >= 0.6 is 11.3 Å². The molecule has 0 bridgehead atoms. The van der Waals surface area contributed by atoms with Crippen LogP contribution in [0.15, 0.2) is 24.4 Å². The minimum atomic E-state index is -0.562. The number of nitrogens with zero attached hydrogens (tertiary/aromatic N) is 3. The van der Waals surface area contributed by atoms with Gasteiger partial charge < -0.3 is 9.84 Å². The van der Waals surface area contributed by atoms with Gasteiger partial charge >= 0.3 is 5.97 Å². The second-order valence-corrected chi connectivity index (χ2v) is 5.38. The maximum atomic E-state index is 11.8. The first-order valence-electron chi connectivity index (χ1n) is 6.43. The molecule has 3 aromatic rings. The summed E-state index contributed by atoms with van der Waals surface area (Å²) in [7, 11) is 0. The van der Waals surface area contributed by atoms with Crippen molar-refractivity contribution in [2.45, 2.75) is 13.8 Å². The third kappa shape index (κ3) is 2.25. The van der Waals surface area contributed by atoms with Crippen molar-refractivity contribution in [3.05, 3.63) is 35.0 Å². The molecule has 7 heteroatoms. The molecule has 0 unspecified atom stereocenters. The van der Waals surface area contributed by atoms with E-state index in [2.05, 4.69) is 10.1 Å². The Morgan fingerprint density at radius 1 is 1.48 bits per heavy atom. The Labute approximate surface area is 124 Å². The fourth-order valence-electron chi connectivity index (χ4n) is 2.13. The topological polar surface area (TPSA) is 76.7 Å². The van der Waals surface area contributed by atoms with E-state index in [1.54, 1.807) is 11.4 Å². The summed E-state index contributed by atoms with van der Waals surface area (Å²) in [5, 5.41) is 14.8. The van der Waals surface area contributed by atoms with E-state index in [0.717, 1.165) is 28.1 Å². The first kappa shape index (κ1) is 13.6. The molecule has 6 nitrogen and oxygen atoms in total. The quantitative estimate of drug-likeness (QED) is 0.753. The van der Waals surface area contributed by atoms with Crippen LogP contribution in [0.4, 0.5) is 0 Å². The van der Waals surface area contributed by atoms with Gasteiger partial charge in [0.2, 0.25) is 5.88 Å². The molecule has 0 amide bonds. The summed E-state index contributed by atoms with van der Waals surface area (Å²) >= 11 is 1.11. The van der Waals surface area contributed by atoms with Crippen molar-refractivity contribution in [1.29, 1.82) is 0 Å². The number of carbonyl (C=O) groups excluding carboxylic acids is 1. The molecule has 0 atom stereocenters. The zero-order valence-electron chi connectivity index (χ0n) is 11.5. The highest BCUT2D eigenvalue weighted by Gasteiger charge is 2.22. The number of thiazole rings is 1. The highest BCUT2D eigenvalue weighted by molar-refractivity contribution is 7.17. The smallest absolute Gasteiger partial charge is 0.353 e. The summed E-state index contributed by atoms with van der Waals surface area (Å²) in [5.41, 5.74) is 2.47. The zero-order chi connectivity index (χ0) is 15.0. The van der Waals surface area contributed by atoms with Gasteiger partial charge in [-0.3, -0.25) is 0 Å². The summed E-state index contributed by atoms with van der Waals surface area (Å²) in [6.07, 6.45) is 1.84.